The predicted molar refractivity (Wildman–Crippen MR) is 77.7 cm³/mol. The van der Waals surface area contributed by atoms with Gasteiger partial charge in [-0.15, -0.1) is 12.4 Å². The Hall–Kier alpha value is -1.07. The van der Waals surface area contributed by atoms with Gasteiger partial charge in [0.2, 0.25) is 0 Å². The molecule has 5 nitrogen and oxygen atoms in total. The van der Waals surface area contributed by atoms with Gasteiger partial charge in [0.1, 0.15) is 12.7 Å². The molecule has 0 saturated heterocycles. The number of halogens is 1. The van der Waals surface area contributed by atoms with Crippen LogP contribution in [-0.4, -0.2) is 49.4 Å². The lowest BCUT2D eigenvalue weighted by Crippen LogP contribution is -2.38. The molecule has 0 radical (unpaired) electrons. The highest BCUT2D eigenvalue weighted by atomic mass is 35.5. The van der Waals surface area contributed by atoms with Crippen molar-refractivity contribution in [2.45, 2.75) is 32.8 Å². The Balaban J connectivity index is 0.00000324. The zero-order chi connectivity index (χ0) is 13.6. The highest BCUT2D eigenvalue weighted by Crippen LogP contribution is 2.11. The summed E-state index contributed by atoms with van der Waals surface area (Å²) in [6.45, 7) is 7.50. The monoisotopic (exact) mass is 290 g/mol. The van der Waals surface area contributed by atoms with Crippen molar-refractivity contribution in [3.05, 3.63) is 11.6 Å². The third-order valence-corrected chi connectivity index (χ3v) is 2.35. The van der Waals surface area contributed by atoms with E-state index in [-0.39, 0.29) is 18.4 Å². The Morgan fingerprint density at radius 2 is 2.21 bits per heavy atom. The highest BCUT2D eigenvalue weighted by Gasteiger charge is 2.20. The summed E-state index contributed by atoms with van der Waals surface area (Å²) in [6, 6.07) is 0. The third-order valence-electron chi connectivity index (χ3n) is 2.35. The summed E-state index contributed by atoms with van der Waals surface area (Å²) in [4.78, 5) is 18.4. The minimum Gasteiger partial charge on any atom is -0.459 e. The molecule has 0 aliphatic carbocycles. The zero-order valence-electron chi connectivity index (χ0n) is 12.0. The van der Waals surface area contributed by atoms with Crippen LogP contribution in [0.1, 0.15) is 27.2 Å². The fourth-order valence-electron chi connectivity index (χ4n) is 1.74. The maximum atomic E-state index is 11.7. The summed E-state index contributed by atoms with van der Waals surface area (Å²) in [5.41, 5.74) is 0.634. The van der Waals surface area contributed by atoms with Crippen molar-refractivity contribution in [1.82, 2.24) is 4.90 Å². The van der Waals surface area contributed by atoms with Crippen molar-refractivity contribution < 1.29 is 14.4 Å². The summed E-state index contributed by atoms with van der Waals surface area (Å²) in [5, 5.41) is 3.73. The smallest absolute Gasteiger partial charge is 0.320 e. The van der Waals surface area contributed by atoms with E-state index in [0.29, 0.717) is 13.1 Å². The Bertz CT molecular complexity index is 348. The highest BCUT2D eigenvalue weighted by molar-refractivity contribution is 5.85. The van der Waals surface area contributed by atoms with Gasteiger partial charge in [0.15, 0.2) is 0 Å². The van der Waals surface area contributed by atoms with E-state index in [9.17, 15) is 4.79 Å². The lowest BCUT2D eigenvalue weighted by molar-refractivity contribution is -0.156. The van der Waals surface area contributed by atoms with Gasteiger partial charge in [-0.3, -0.25) is 9.69 Å². The second-order valence-electron chi connectivity index (χ2n) is 5.28. The summed E-state index contributed by atoms with van der Waals surface area (Å²) in [7, 11) is 1.51. The quantitative estimate of drug-likeness (QED) is 0.451. The van der Waals surface area contributed by atoms with Crippen LogP contribution in [0.5, 0.6) is 0 Å². The number of carbonyl (C=O) groups is 1. The molecule has 0 N–H and O–H groups in total. The SMILES string of the molecule is CON=CC1=CCCN(CC(=O)OC(C)(C)C)C1.Cl. The molecule has 0 saturated carbocycles. The van der Waals surface area contributed by atoms with Gasteiger partial charge in [-0.1, -0.05) is 11.2 Å². The first kappa shape index (κ1) is 17.9. The zero-order valence-corrected chi connectivity index (χ0v) is 12.8. The minimum atomic E-state index is -0.428. The molecule has 0 bridgehead atoms. The van der Waals surface area contributed by atoms with Crippen LogP contribution in [0.4, 0.5) is 0 Å². The largest absolute Gasteiger partial charge is 0.459 e. The molecule has 0 spiro atoms. The number of esters is 1. The van der Waals surface area contributed by atoms with E-state index >= 15 is 0 Å². The van der Waals surface area contributed by atoms with Gasteiger partial charge in [0.05, 0.1) is 12.8 Å². The van der Waals surface area contributed by atoms with E-state index < -0.39 is 5.60 Å². The van der Waals surface area contributed by atoms with Gasteiger partial charge < -0.3 is 9.57 Å². The standard InChI is InChI=1S/C13H22N2O3.ClH/c1-13(2,3)18-12(16)10-15-7-5-6-11(9-15)8-14-17-4;/h6,8H,5,7,9-10H2,1-4H3;1H. The lowest BCUT2D eigenvalue weighted by Gasteiger charge is -2.27. The summed E-state index contributed by atoms with van der Waals surface area (Å²) < 4.78 is 5.30. The van der Waals surface area contributed by atoms with Crippen LogP contribution in [0.25, 0.3) is 0 Å². The molecular weight excluding hydrogens is 268 g/mol. The van der Waals surface area contributed by atoms with Gasteiger partial charge in [-0.2, -0.15) is 0 Å². The van der Waals surface area contributed by atoms with Crippen LogP contribution >= 0.6 is 12.4 Å². The fraction of sp³-hybridized carbons (Fsp3) is 0.692. The van der Waals surface area contributed by atoms with Crippen LogP contribution in [0.2, 0.25) is 0 Å². The molecule has 0 aromatic rings. The first-order chi connectivity index (χ1) is 8.40. The number of oxime groups is 1. The molecule has 1 rings (SSSR count). The molecule has 6 heteroatoms. The Morgan fingerprint density at radius 3 is 2.79 bits per heavy atom. The first-order valence-corrected chi connectivity index (χ1v) is 6.10. The van der Waals surface area contributed by atoms with E-state index in [2.05, 4.69) is 16.1 Å². The number of hydrogen-bond donors (Lipinski definition) is 0. The number of rotatable bonds is 4. The average molecular weight is 291 g/mol. The Labute approximate surface area is 121 Å². The second-order valence-corrected chi connectivity index (χ2v) is 5.28. The average Bonchev–Trinajstić information content (AvgIpc) is 2.24. The normalized spacial score (nSPS) is 16.7. The van der Waals surface area contributed by atoms with Crippen LogP contribution < -0.4 is 0 Å². The van der Waals surface area contributed by atoms with Gasteiger partial charge in [0, 0.05) is 13.1 Å². The van der Waals surface area contributed by atoms with E-state index in [1.807, 2.05) is 25.7 Å². The molecule has 0 amide bonds. The molecule has 0 aromatic carbocycles. The van der Waals surface area contributed by atoms with Gasteiger partial charge in [-0.05, 0) is 32.8 Å². The molecule has 0 unspecified atom stereocenters. The first-order valence-electron chi connectivity index (χ1n) is 6.10. The third kappa shape index (κ3) is 7.85. The van der Waals surface area contributed by atoms with Crippen molar-refractivity contribution in [3.8, 4) is 0 Å². The van der Waals surface area contributed by atoms with E-state index in [0.717, 1.165) is 18.5 Å². The fourth-order valence-corrected chi connectivity index (χ4v) is 1.74. The van der Waals surface area contributed by atoms with Gasteiger partial charge in [-0.25, -0.2) is 0 Å². The lowest BCUT2D eigenvalue weighted by atomic mass is 10.1. The van der Waals surface area contributed by atoms with Gasteiger partial charge in [0.25, 0.3) is 0 Å². The molecule has 0 aromatic heterocycles. The second kappa shape index (κ2) is 8.17. The van der Waals surface area contributed by atoms with Crippen molar-refractivity contribution in [3.63, 3.8) is 0 Å². The molecule has 110 valence electrons. The summed E-state index contributed by atoms with van der Waals surface area (Å²) in [5.74, 6) is -0.188. The van der Waals surface area contributed by atoms with Gasteiger partial charge >= 0.3 is 5.97 Å². The van der Waals surface area contributed by atoms with E-state index in [1.54, 1.807) is 6.21 Å². The van der Waals surface area contributed by atoms with Crippen LogP contribution in [0, 0.1) is 0 Å². The van der Waals surface area contributed by atoms with Crippen LogP contribution in [0.3, 0.4) is 0 Å². The molecule has 1 aliphatic heterocycles. The summed E-state index contributed by atoms with van der Waals surface area (Å²) in [6.07, 6.45) is 4.70. The number of ether oxygens (including phenoxy) is 1. The van der Waals surface area contributed by atoms with E-state index in [1.165, 1.54) is 7.11 Å². The predicted octanol–water partition coefficient (Wildman–Crippen LogP) is 2.01. The van der Waals surface area contributed by atoms with Crippen molar-refractivity contribution in [1.29, 1.82) is 0 Å². The molecule has 1 heterocycles. The van der Waals surface area contributed by atoms with Crippen LogP contribution in [-0.2, 0) is 14.4 Å². The topological polar surface area (TPSA) is 51.1 Å². The van der Waals surface area contributed by atoms with Crippen LogP contribution in [0.15, 0.2) is 16.8 Å². The maximum Gasteiger partial charge on any atom is 0.320 e. The Morgan fingerprint density at radius 1 is 1.53 bits per heavy atom. The minimum absolute atomic E-state index is 0. The molecular formula is C13H23ClN2O3. The van der Waals surface area contributed by atoms with E-state index in [4.69, 9.17) is 4.74 Å². The van der Waals surface area contributed by atoms with Crippen molar-refractivity contribution >= 4 is 24.6 Å². The number of nitrogens with zero attached hydrogens (tertiary/aromatic N) is 2. The maximum absolute atomic E-state index is 11.7. The molecule has 1 aliphatic rings. The number of hydrogen-bond acceptors (Lipinski definition) is 5. The van der Waals surface area contributed by atoms with Crippen molar-refractivity contribution in [2.24, 2.45) is 5.16 Å². The Kier molecular flexibility index (Phi) is 7.71. The van der Waals surface area contributed by atoms with Crippen molar-refractivity contribution in [2.75, 3.05) is 26.7 Å². The number of carbonyl (C=O) groups excluding carboxylic acids is 1. The summed E-state index contributed by atoms with van der Waals surface area (Å²) >= 11 is 0. The molecule has 0 fully saturated rings. The molecule has 19 heavy (non-hydrogen) atoms. The molecule has 0 atom stereocenters.